The van der Waals surface area contributed by atoms with Crippen LogP contribution in [0.2, 0.25) is 0 Å². The van der Waals surface area contributed by atoms with Crippen LogP contribution in [-0.2, 0) is 9.59 Å². The van der Waals surface area contributed by atoms with Gasteiger partial charge in [-0.3, -0.25) is 4.79 Å². The molecule has 1 amide bonds. The van der Waals surface area contributed by atoms with Crippen molar-refractivity contribution in [2.24, 2.45) is 23.7 Å². The highest BCUT2D eigenvalue weighted by atomic mass is 16.4. The first kappa shape index (κ1) is 16.5. The van der Waals surface area contributed by atoms with Gasteiger partial charge in [0.15, 0.2) is 0 Å². The Kier molecular flexibility index (Phi) is 4.25. The van der Waals surface area contributed by atoms with Crippen molar-refractivity contribution in [3.05, 3.63) is 11.6 Å². The highest BCUT2D eigenvalue weighted by Gasteiger charge is 2.61. The molecule has 3 rings (SSSR count). The van der Waals surface area contributed by atoms with E-state index in [9.17, 15) is 19.8 Å². The van der Waals surface area contributed by atoms with Gasteiger partial charge in [-0.1, -0.05) is 26.3 Å². The van der Waals surface area contributed by atoms with E-state index in [0.717, 1.165) is 32.1 Å². The van der Waals surface area contributed by atoms with Crippen molar-refractivity contribution < 1.29 is 19.8 Å². The number of hydrogen-bond donors (Lipinski definition) is 3. The van der Waals surface area contributed by atoms with E-state index in [1.54, 1.807) is 0 Å². The number of allylic oxidation sites excluding steroid dienone is 1. The lowest BCUT2D eigenvalue weighted by Crippen LogP contribution is -2.47. The molecule has 2 fully saturated rings. The maximum Gasteiger partial charge on any atom is 0.329 e. The monoisotopic (exact) mass is 321 g/mol. The second-order valence-electron chi connectivity index (χ2n) is 7.48. The van der Waals surface area contributed by atoms with Crippen LogP contribution in [0.5, 0.6) is 0 Å². The fraction of sp³-hybridized carbons (Fsp3) is 0.778. The van der Waals surface area contributed by atoms with E-state index < -0.39 is 11.5 Å². The molecule has 1 unspecified atom stereocenters. The van der Waals surface area contributed by atoms with Gasteiger partial charge in [0.1, 0.15) is 5.54 Å². The number of aliphatic hydroxyl groups is 1. The number of fused-ring (bicyclic) bond motifs is 1. The van der Waals surface area contributed by atoms with Crippen LogP contribution in [0.15, 0.2) is 11.6 Å². The summed E-state index contributed by atoms with van der Waals surface area (Å²) in [5.41, 5.74) is -0.356. The molecule has 3 aliphatic carbocycles. The van der Waals surface area contributed by atoms with Gasteiger partial charge in [-0.2, -0.15) is 0 Å². The Morgan fingerprint density at radius 1 is 1.30 bits per heavy atom. The van der Waals surface area contributed by atoms with Crippen LogP contribution in [-0.4, -0.2) is 33.7 Å². The number of rotatable bonds is 5. The Labute approximate surface area is 137 Å². The second-order valence-corrected chi connectivity index (χ2v) is 7.48. The van der Waals surface area contributed by atoms with Crippen molar-refractivity contribution in [2.75, 3.05) is 0 Å². The number of carbonyl (C=O) groups is 2. The zero-order valence-electron chi connectivity index (χ0n) is 13.9. The number of nitrogens with one attached hydrogen (secondary N) is 1. The standard InChI is InChI=1S/C18H27NO4/c1-3-10-7-13-12(5-6-15(13)20)14(8-10)16(21)19-18(17(22)23)9-11(18)4-2/h8,10-13,15,20H,3-7,9H2,1-2H3,(H,19,21)(H,22,23)/t10-,11+,12+,13+,15?,18+/m1/s1. The molecule has 0 saturated heterocycles. The topological polar surface area (TPSA) is 86.6 Å². The van der Waals surface area contributed by atoms with E-state index in [2.05, 4.69) is 12.2 Å². The first-order valence-corrected chi connectivity index (χ1v) is 8.88. The average molecular weight is 321 g/mol. The number of carboxylic acids is 1. The number of carbonyl (C=O) groups excluding carboxylic acids is 1. The largest absolute Gasteiger partial charge is 0.479 e. The van der Waals surface area contributed by atoms with E-state index in [0.29, 0.717) is 17.9 Å². The first-order valence-electron chi connectivity index (χ1n) is 8.88. The lowest BCUT2D eigenvalue weighted by atomic mass is 9.74. The van der Waals surface area contributed by atoms with Gasteiger partial charge < -0.3 is 15.5 Å². The van der Waals surface area contributed by atoms with E-state index in [4.69, 9.17) is 0 Å². The molecule has 3 N–H and O–H groups in total. The summed E-state index contributed by atoms with van der Waals surface area (Å²) in [6.45, 7) is 4.04. The Morgan fingerprint density at radius 3 is 2.61 bits per heavy atom. The minimum Gasteiger partial charge on any atom is -0.479 e. The molecule has 0 aromatic carbocycles. The van der Waals surface area contributed by atoms with E-state index in [1.807, 2.05) is 13.0 Å². The van der Waals surface area contributed by atoms with Gasteiger partial charge >= 0.3 is 5.97 Å². The number of carboxylic acid groups (broad SMARTS) is 1. The van der Waals surface area contributed by atoms with Gasteiger partial charge in [0, 0.05) is 5.57 Å². The molecule has 128 valence electrons. The third-order valence-corrected chi connectivity index (χ3v) is 6.28. The van der Waals surface area contributed by atoms with Crippen LogP contribution in [0.25, 0.3) is 0 Å². The fourth-order valence-corrected chi connectivity index (χ4v) is 4.64. The van der Waals surface area contributed by atoms with Crippen molar-refractivity contribution in [2.45, 2.75) is 64.0 Å². The molecule has 3 aliphatic rings. The van der Waals surface area contributed by atoms with Gasteiger partial charge in [-0.15, -0.1) is 0 Å². The summed E-state index contributed by atoms with van der Waals surface area (Å²) in [6, 6.07) is 0. The number of amides is 1. The lowest BCUT2D eigenvalue weighted by Gasteiger charge is -2.32. The number of aliphatic hydroxyl groups excluding tert-OH is 1. The molecule has 0 heterocycles. The molecule has 5 nitrogen and oxygen atoms in total. The summed E-state index contributed by atoms with van der Waals surface area (Å²) >= 11 is 0. The van der Waals surface area contributed by atoms with Crippen LogP contribution in [0.3, 0.4) is 0 Å². The molecule has 23 heavy (non-hydrogen) atoms. The van der Waals surface area contributed by atoms with Gasteiger partial charge in [-0.05, 0) is 55.8 Å². The van der Waals surface area contributed by atoms with Crippen molar-refractivity contribution in [3.8, 4) is 0 Å². The lowest BCUT2D eigenvalue weighted by molar-refractivity contribution is -0.143. The summed E-state index contributed by atoms with van der Waals surface area (Å²) in [5.74, 6) is -0.605. The van der Waals surface area contributed by atoms with E-state index in [-0.39, 0.29) is 29.8 Å². The summed E-state index contributed by atoms with van der Waals surface area (Å²) in [5, 5.41) is 22.5. The molecule has 0 bridgehead atoms. The summed E-state index contributed by atoms with van der Waals surface area (Å²) in [6.07, 6.45) is 6.41. The van der Waals surface area contributed by atoms with Crippen LogP contribution in [0.4, 0.5) is 0 Å². The molecule has 2 saturated carbocycles. The summed E-state index contributed by atoms with van der Waals surface area (Å²) < 4.78 is 0. The third-order valence-electron chi connectivity index (χ3n) is 6.28. The molecule has 0 aromatic rings. The smallest absolute Gasteiger partial charge is 0.329 e. The Bertz CT molecular complexity index is 543. The van der Waals surface area contributed by atoms with Gasteiger partial charge in [0.2, 0.25) is 5.91 Å². The predicted molar refractivity (Wildman–Crippen MR) is 85.6 cm³/mol. The molecule has 0 radical (unpaired) electrons. The Balaban J connectivity index is 1.80. The van der Waals surface area contributed by atoms with Crippen LogP contribution in [0.1, 0.15) is 52.4 Å². The molecule has 6 atom stereocenters. The minimum atomic E-state index is -1.07. The number of hydrogen-bond acceptors (Lipinski definition) is 3. The van der Waals surface area contributed by atoms with Crippen molar-refractivity contribution in [1.82, 2.24) is 5.32 Å². The maximum atomic E-state index is 12.8. The molecule has 5 heteroatoms. The Morgan fingerprint density at radius 2 is 2.04 bits per heavy atom. The SMILES string of the molecule is CC[C@H]1C=C(C(=O)N[C@@]2(C(=O)O)C[C@@H]2CC)[C@H]2CCC(O)[C@H]2C1. The molecule has 0 spiro atoms. The zero-order chi connectivity index (χ0) is 16.8. The normalized spacial score (nSPS) is 41.9. The van der Waals surface area contributed by atoms with Crippen LogP contribution in [0, 0.1) is 23.7 Å². The molecular formula is C18H27NO4. The van der Waals surface area contributed by atoms with Gasteiger partial charge in [0.25, 0.3) is 0 Å². The molecule has 0 aromatic heterocycles. The minimum absolute atomic E-state index is 0.0278. The van der Waals surface area contributed by atoms with Crippen molar-refractivity contribution >= 4 is 11.9 Å². The maximum absolute atomic E-state index is 12.8. The van der Waals surface area contributed by atoms with Crippen molar-refractivity contribution in [1.29, 1.82) is 0 Å². The summed E-state index contributed by atoms with van der Waals surface area (Å²) in [7, 11) is 0. The quantitative estimate of drug-likeness (QED) is 0.724. The van der Waals surface area contributed by atoms with Crippen molar-refractivity contribution in [3.63, 3.8) is 0 Å². The highest BCUT2D eigenvalue weighted by molar-refractivity contribution is 5.99. The van der Waals surface area contributed by atoms with Crippen LogP contribution < -0.4 is 5.32 Å². The zero-order valence-corrected chi connectivity index (χ0v) is 13.9. The van der Waals surface area contributed by atoms with E-state index >= 15 is 0 Å². The molecule has 0 aliphatic heterocycles. The van der Waals surface area contributed by atoms with E-state index in [1.165, 1.54) is 0 Å². The van der Waals surface area contributed by atoms with Crippen LogP contribution >= 0.6 is 0 Å². The van der Waals surface area contributed by atoms with Gasteiger partial charge in [-0.25, -0.2) is 4.79 Å². The number of aliphatic carboxylic acids is 1. The van der Waals surface area contributed by atoms with Gasteiger partial charge in [0.05, 0.1) is 6.10 Å². The first-order chi connectivity index (χ1) is 10.9. The molecular weight excluding hydrogens is 294 g/mol. The fourth-order valence-electron chi connectivity index (χ4n) is 4.64. The second kappa shape index (κ2) is 5.93. The predicted octanol–water partition coefficient (Wildman–Crippen LogP) is 2.10. The highest BCUT2D eigenvalue weighted by Crippen LogP contribution is 2.48. The average Bonchev–Trinajstić information content (AvgIpc) is 3.14. The third kappa shape index (κ3) is 2.69. The Hall–Kier alpha value is -1.36. The summed E-state index contributed by atoms with van der Waals surface area (Å²) in [4.78, 5) is 24.4.